The number of methoxy groups -OCH3 is 1. The zero-order valence-electron chi connectivity index (χ0n) is 14.1. The van der Waals surface area contributed by atoms with E-state index >= 15 is 0 Å². The summed E-state index contributed by atoms with van der Waals surface area (Å²) in [6.45, 7) is 2.35. The third-order valence-corrected chi connectivity index (χ3v) is 4.04. The van der Waals surface area contributed by atoms with Gasteiger partial charge in [-0.15, -0.1) is 0 Å². The first-order chi connectivity index (χ1) is 12.5. The molecule has 0 aromatic heterocycles. The molecule has 136 valence electrons. The number of hydrogen-bond donors (Lipinski definition) is 1. The van der Waals surface area contributed by atoms with Crippen molar-refractivity contribution in [2.24, 2.45) is 5.10 Å². The average Bonchev–Trinajstić information content (AvgIpc) is 2.62. The van der Waals surface area contributed by atoms with Crippen LogP contribution < -0.4 is 14.9 Å². The van der Waals surface area contributed by atoms with Crippen LogP contribution >= 0.6 is 22.6 Å². The zero-order valence-corrected chi connectivity index (χ0v) is 16.2. The van der Waals surface area contributed by atoms with Crippen LogP contribution in [0.3, 0.4) is 0 Å². The highest BCUT2D eigenvalue weighted by Crippen LogP contribution is 2.33. The lowest BCUT2D eigenvalue weighted by Crippen LogP contribution is -2.17. The van der Waals surface area contributed by atoms with E-state index in [1.54, 1.807) is 13.2 Å². The molecule has 2 aromatic rings. The Balaban J connectivity index is 2.14. The molecule has 1 N–H and O–H groups in total. The topological polar surface area (TPSA) is 103 Å². The summed E-state index contributed by atoms with van der Waals surface area (Å²) >= 11 is 2.12. The molecule has 0 atom stereocenters. The number of ether oxygens (including phenoxy) is 2. The molecule has 0 unspecified atom stereocenters. The van der Waals surface area contributed by atoms with Crippen LogP contribution in [0.25, 0.3) is 0 Å². The predicted molar refractivity (Wildman–Crippen MR) is 105 cm³/mol. The zero-order chi connectivity index (χ0) is 19.1. The summed E-state index contributed by atoms with van der Waals surface area (Å²) in [7, 11) is 1.56. The number of non-ortho nitro benzene ring substituents is 1. The second kappa shape index (κ2) is 9.13. The van der Waals surface area contributed by atoms with Crippen molar-refractivity contribution in [2.75, 3.05) is 13.7 Å². The summed E-state index contributed by atoms with van der Waals surface area (Å²) < 4.78 is 11.7. The summed E-state index contributed by atoms with van der Waals surface area (Å²) in [5.41, 5.74) is 3.04. The van der Waals surface area contributed by atoms with Gasteiger partial charge in [-0.3, -0.25) is 14.9 Å². The summed E-state index contributed by atoms with van der Waals surface area (Å²) in [4.78, 5) is 22.3. The van der Waals surface area contributed by atoms with E-state index in [2.05, 4.69) is 33.1 Å². The Labute approximate surface area is 163 Å². The molecule has 0 saturated heterocycles. The maximum absolute atomic E-state index is 12.1. The number of nitro benzene ring substituents is 1. The number of benzene rings is 2. The van der Waals surface area contributed by atoms with Crippen molar-refractivity contribution >= 4 is 40.4 Å². The van der Waals surface area contributed by atoms with Crippen LogP contribution in [-0.2, 0) is 0 Å². The van der Waals surface area contributed by atoms with Gasteiger partial charge in [0, 0.05) is 17.7 Å². The van der Waals surface area contributed by atoms with Gasteiger partial charge in [0.2, 0.25) is 0 Å². The molecular formula is C17H16IN3O5. The second-order valence-electron chi connectivity index (χ2n) is 4.97. The fraction of sp³-hybridized carbons (Fsp3) is 0.176. The van der Waals surface area contributed by atoms with Crippen LogP contribution in [0, 0.1) is 13.7 Å². The minimum Gasteiger partial charge on any atom is -0.492 e. The van der Waals surface area contributed by atoms with Crippen LogP contribution in [0.15, 0.2) is 41.5 Å². The summed E-state index contributed by atoms with van der Waals surface area (Å²) in [6.07, 6.45) is 1.46. The normalized spacial score (nSPS) is 10.6. The number of nitrogens with zero attached hydrogens (tertiary/aromatic N) is 2. The van der Waals surface area contributed by atoms with Crippen LogP contribution in [0.5, 0.6) is 11.5 Å². The Hall–Kier alpha value is -2.69. The maximum Gasteiger partial charge on any atom is 0.271 e. The third-order valence-electron chi connectivity index (χ3n) is 3.23. The Morgan fingerprint density at radius 1 is 1.38 bits per heavy atom. The highest BCUT2D eigenvalue weighted by Gasteiger charge is 2.12. The van der Waals surface area contributed by atoms with Crippen molar-refractivity contribution in [1.82, 2.24) is 5.43 Å². The van der Waals surface area contributed by atoms with E-state index in [0.29, 0.717) is 23.7 Å². The molecule has 0 aliphatic rings. The Kier molecular flexibility index (Phi) is 6.89. The van der Waals surface area contributed by atoms with Crippen molar-refractivity contribution in [3.63, 3.8) is 0 Å². The number of carbonyl (C=O) groups is 1. The third kappa shape index (κ3) is 4.91. The van der Waals surface area contributed by atoms with Gasteiger partial charge in [0.05, 0.1) is 28.4 Å². The first-order valence-electron chi connectivity index (χ1n) is 7.54. The monoisotopic (exact) mass is 469 g/mol. The number of rotatable bonds is 7. The minimum absolute atomic E-state index is 0.149. The summed E-state index contributed by atoms with van der Waals surface area (Å²) in [5.74, 6) is 0.664. The van der Waals surface area contributed by atoms with Crippen LogP contribution in [-0.4, -0.2) is 30.8 Å². The molecule has 0 fully saturated rings. The van der Waals surface area contributed by atoms with Gasteiger partial charge >= 0.3 is 0 Å². The van der Waals surface area contributed by atoms with E-state index in [1.807, 2.05) is 13.0 Å². The molecule has 0 aliphatic heterocycles. The van der Waals surface area contributed by atoms with Crippen molar-refractivity contribution in [3.8, 4) is 11.5 Å². The average molecular weight is 469 g/mol. The van der Waals surface area contributed by atoms with Gasteiger partial charge in [-0.05, 0) is 53.3 Å². The van der Waals surface area contributed by atoms with Crippen molar-refractivity contribution in [2.45, 2.75) is 6.92 Å². The number of halogens is 1. The summed E-state index contributed by atoms with van der Waals surface area (Å²) in [6, 6.07) is 8.99. The lowest BCUT2D eigenvalue weighted by molar-refractivity contribution is -0.384. The molecule has 0 bridgehead atoms. The molecule has 9 heteroatoms. The molecule has 0 radical (unpaired) electrons. The number of hydrazone groups is 1. The van der Waals surface area contributed by atoms with E-state index in [1.165, 1.54) is 30.5 Å². The number of amides is 1. The van der Waals surface area contributed by atoms with E-state index in [-0.39, 0.29) is 11.3 Å². The van der Waals surface area contributed by atoms with E-state index < -0.39 is 10.8 Å². The smallest absolute Gasteiger partial charge is 0.271 e. The van der Waals surface area contributed by atoms with Crippen molar-refractivity contribution in [1.29, 1.82) is 0 Å². The van der Waals surface area contributed by atoms with Crippen molar-refractivity contribution < 1.29 is 19.2 Å². The molecule has 2 rings (SSSR count). The van der Waals surface area contributed by atoms with Gasteiger partial charge in [0.15, 0.2) is 11.5 Å². The molecule has 0 spiro atoms. The van der Waals surface area contributed by atoms with Gasteiger partial charge in [-0.25, -0.2) is 5.43 Å². The van der Waals surface area contributed by atoms with Gasteiger partial charge in [0.25, 0.3) is 11.6 Å². The molecule has 2 aromatic carbocycles. The fourth-order valence-corrected chi connectivity index (χ4v) is 2.96. The lowest BCUT2D eigenvalue weighted by atomic mass is 10.2. The Morgan fingerprint density at radius 3 is 2.81 bits per heavy atom. The van der Waals surface area contributed by atoms with E-state index in [0.717, 1.165) is 3.57 Å². The molecule has 8 nitrogen and oxygen atoms in total. The van der Waals surface area contributed by atoms with Crippen LogP contribution in [0.4, 0.5) is 5.69 Å². The first-order valence-corrected chi connectivity index (χ1v) is 8.62. The molecule has 0 saturated carbocycles. The Morgan fingerprint density at radius 2 is 2.15 bits per heavy atom. The number of nitrogens with one attached hydrogen (secondary N) is 1. The van der Waals surface area contributed by atoms with Crippen LogP contribution in [0.2, 0.25) is 0 Å². The molecule has 1 amide bonds. The fourth-order valence-electron chi connectivity index (χ4n) is 2.11. The largest absolute Gasteiger partial charge is 0.492 e. The molecule has 26 heavy (non-hydrogen) atoms. The summed E-state index contributed by atoms with van der Waals surface area (Å²) in [5, 5.41) is 14.7. The highest BCUT2D eigenvalue weighted by molar-refractivity contribution is 14.1. The van der Waals surface area contributed by atoms with Gasteiger partial charge < -0.3 is 9.47 Å². The molecule has 0 heterocycles. The quantitative estimate of drug-likeness (QED) is 0.290. The number of carbonyl (C=O) groups excluding carboxylic acids is 1. The molecule has 0 aliphatic carbocycles. The predicted octanol–water partition coefficient (Wildman–Crippen LogP) is 3.37. The SMILES string of the molecule is CCOc1cc(/C=N\NC(=O)c2cccc([N+](=O)[O-])c2)cc(I)c1OC. The van der Waals surface area contributed by atoms with Gasteiger partial charge in [0.1, 0.15) is 0 Å². The maximum atomic E-state index is 12.1. The molecular weight excluding hydrogens is 453 g/mol. The lowest BCUT2D eigenvalue weighted by Gasteiger charge is -2.11. The number of nitro groups is 1. The van der Waals surface area contributed by atoms with Gasteiger partial charge in [-0.1, -0.05) is 6.07 Å². The van der Waals surface area contributed by atoms with E-state index in [4.69, 9.17) is 9.47 Å². The van der Waals surface area contributed by atoms with Crippen molar-refractivity contribution in [3.05, 3.63) is 61.2 Å². The second-order valence-corrected chi connectivity index (χ2v) is 6.14. The standard InChI is InChI=1S/C17H16IN3O5/c1-3-26-15-8-11(7-14(18)16(15)25-2)10-19-20-17(22)12-5-4-6-13(9-12)21(23)24/h4-10H,3H2,1-2H3,(H,20,22)/b19-10-. The van der Waals surface area contributed by atoms with Gasteiger partial charge in [-0.2, -0.15) is 5.10 Å². The highest BCUT2D eigenvalue weighted by atomic mass is 127. The van der Waals surface area contributed by atoms with Crippen LogP contribution in [0.1, 0.15) is 22.8 Å². The first kappa shape index (κ1) is 19.6. The Bertz CT molecular complexity index is 854. The van der Waals surface area contributed by atoms with E-state index in [9.17, 15) is 14.9 Å². The minimum atomic E-state index is -0.561. The number of hydrogen-bond acceptors (Lipinski definition) is 6.